The lowest BCUT2D eigenvalue weighted by Gasteiger charge is -2.27. The fraction of sp³-hybridized carbons (Fsp3) is 0.667. The van der Waals surface area contributed by atoms with Gasteiger partial charge in [0.15, 0.2) is 0 Å². The second-order valence-corrected chi connectivity index (χ2v) is 6.52. The van der Waals surface area contributed by atoms with Crippen molar-refractivity contribution in [3.05, 3.63) is 0 Å². The van der Waals surface area contributed by atoms with Crippen LogP contribution in [0.3, 0.4) is 0 Å². The molecule has 2 amide bonds. The molecule has 0 saturated carbocycles. The van der Waals surface area contributed by atoms with Crippen LogP contribution in [-0.4, -0.2) is 58.7 Å². The normalized spacial score (nSPS) is 11.9. The Morgan fingerprint density at radius 2 is 1.87 bits per heavy atom. The molecule has 0 aliphatic carbocycles. The molecular weight excluding hydrogens is 320 g/mol. The third-order valence-electron chi connectivity index (χ3n) is 2.93. The number of aliphatic hydroxyl groups is 2. The molecule has 0 aromatic carbocycles. The average molecular weight is 344 g/mol. The van der Waals surface area contributed by atoms with Crippen molar-refractivity contribution in [3.8, 4) is 11.8 Å². The Balaban J connectivity index is 3.88. The van der Waals surface area contributed by atoms with E-state index < -0.39 is 17.4 Å². The maximum atomic E-state index is 11.7. The van der Waals surface area contributed by atoms with Crippen molar-refractivity contribution >= 4 is 28.7 Å². The molecule has 0 radical (unpaired) electrons. The van der Waals surface area contributed by atoms with Gasteiger partial charge in [0, 0.05) is 30.7 Å². The third kappa shape index (κ3) is 9.23. The summed E-state index contributed by atoms with van der Waals surface area (Å²) in [7, 11) is 0. The molecule has 0 rings (SSSR count). The van der Waals surface area contributed by atoms with Gasteiger partial charge in [-0.25, -0.2) is 0 Å². The summed E-state index contributed by atoms with van der Waals surface area (Å²) in [5.41, 5.74) is -0.947. The zero-order valence-electron chi connectivity index (χ0n) is 13.6. The van der Waals surface area contributed by atoms with Crippen LogP contribution in [0.1, 0.15) is 27.2 Å². The molecule has 0 aliphatic heterocycles. The molecule has 0 fully saturated rings. The Morgan fingerprint density at radius 1 is 1.22 bits per heavy atom. The lowest BCUT2D eigenvalue weighted by atomic mass is 9.87. The fourth-order valence-electron chi connectivity index (χ4n) is 1.40. The first kappa shape index (κ1) is 21.4. The van der Waals surface area contributed by atoms with Gasteiger partial charge in [0.25, 0.3) is 5.12 Å². The first-order valence-corrected chi connectivity index (χ1v) is 8.16. The molecule has 4 N–H and O–H groups in total. The van der Waals surface area contributed by atoms with Crippen LogP contribution in [-0.2, 0) is 14.4 Å². The second kappa shape index (κ2) is 11.0. The van der Waals surface area contributed by atoms with E-state index in [9.17, 15) is 19.5 Å². The van der Waals surface area contributed by atoms with E-state index in [0.717, 1.165) is 11.8 Å². The number of nitrogens with one attached hydrogen (secondary N) is 2. The number of hydrogen-bond donors (Lipinski definition) is 4. The van der Waals surface area contributed by atoms with Crippen LogP contribution in [0.15, 0.2) is 0 Å². The summed E-state index contributed by atoms with van der Waals surface area (Å²) in [6.07, 6.45) is -1.29. The predicted molar refractivity (Wildman–Crippen MR) is 88.4 cm³/mol. The lowest BCUT2D eigenvalue weighted by Crippen LogP contribution is -2.46. The highest BCUT2D eigenvalue weighted by atomic mass is 32.2. The SMILES string of the molecule is CC#CC(=O)SCCNC(=O)CCNC(=O)C(O)C(C)(C)CO. The fourth-order valence-corrected chi connectivity index (χ4v) is 1.96. The number of aliphatic hydroxyl groups excluding tert-OH is 2. The maximum absolute atomic E-state index is 11.7. The monoisotopic (exact) mass is 344 g/mol. The minimum absolute atomic E-state index is 0.0609. The van der Waals surface area contributed by atoms with Crippen LogP contribution in [0.2, 0.25) is 0 Å². The molecule has 0 aliphatic rings. The molecule has 8 heteroatoms. The van der Waals surface area contributed by atoms with E-state index in [0.29, 0.717) is 12.3 Å². The molecule has 0 heterocycles. The Kier molecular flexibility index (Phi) is 10.3. The summed E-state index contributed by atoms with van der Waals surface area (Å²) in [5.74, 6) is 4.40. The highest BCUT2D eigenvalue weighted by Gasteiger charge is 2.32. The van der Waals surface area contributed by atoms with Crippen LogP contribution in [0.4, 0.5) is 0 Å². The highest BCUT2D eigenvalue weighted by Crippen LogP contribution is 2.19. The lowest BCUT2D eigenvalue weighted by molar-refractivity contribution is -0.137. The van der Waals surface area contributed by atoms with Crippen molar-refractivity contribution in [2.24, 2.45) is 5.41 Å². The molecule has 0 aromatic rings. The molecule has 1 atom stereocenters. The summed E-state index contributed by atoms with van der Waals surface area (Å²) >= 11 is 1.03. The second-order valence-electron chi connectivity index (χ2n) is 5.45. The van der Waals surface area contributed by atoms with E-state index in [-0.39, 0.29) is 30.6 Å². The van der Waals surface area contributed by atoms with Crippen molar-refractivity contribution in [3.63, 3.8) is 0 Å². The molecule has 7 nitrogen and oxygen atoms in total. The summed E-state index contributed by atoms with van der Waals surface area (Å²) in [6, 6.07) is 0. The summed E-state index contributed by atoms with van der Waals surface area (Å²) < 4.78 is 0. The number of carbonyl (C=O) groups excluding carboxylic acids is 3. The first-order valence-electron chi connectivity index (χ1n) is 7.17. The zero-order chi connectivity index (χ0) is 17.9. The molecule has 0 spiro atoms. The average Bonchev–Trinajstić information content (AvgIpc) is 2.50. The largest absolute Gasteiger partial charge is 0.396 e. The van der Waals surface area contributed by atoms with E-state index in [1.807, 2.05) is 0 Å². The van der Waals surface area contributed by atoms with Gasteiger partial charge < -0.3 is 20.8 Å². The van der Waals surface area contributed by atoms with Gasteiger partial charge in [0.1, 0.15) is 6.10 Å². The Labute approximate surface area is 140 Å². The number of carbonyl (C=O) groups is 3. The molecule has 0 aromatic heterocycles. The summed E-state index contributed by atoms with van der Waals surface area (Å²) in [4.78, 5) is 34.3. The predicted octanol–water partition coefficient (Wildman–Crippen LogP) is -0.729. The van der Waals surface area contributed by atoms with Gasteiger partial charge in [-0.1, -0.05) is 31.5 Å². The van der Waals surface area contributed by atoms with Gasteiger partial charge in [-0.3, -0.25) is 14.4 Å². The molecule has 0 bridgehead atoms. The number of hydrogen-bond acceptors (Lipinski definition) is 6. The third-order valence-corrected chi connectivity index (χ3v) is 3.70. The van der Waals surface area contributed by atoms with Crippen molar-refractivity contribution in [2.45, 2.75) is 33.3 Å². The van der Waals surface area contributed by atoms with Crippen LogP contribution < -0.4 is 10.6 Å². The van der Waals surface area contributed by atoms with Crippen molar-refractivity contribution in [2.75, 3.05) is 25.4 Å². The van der Waals surface area contributed by atoms with Gasteiger partial charge in [0.2, 0.25) is 11.8 Å². The minimum Gasteiger partial charge on any atom is -0.396 e. The molecule has 0 saturated heterocycles. The highest BCUT2D eigenvalue weighted by molar-refractivity contribution is 8.14. The first-order chi connectivity index (χ1) is 10.7. The van der Waals surface area contributed by atoms with E-state index in [1.54, 1.807) is 20.8 Å². The van der Waals surface area contributed by atoms with Gasteiger partial charge in [-0.2, -0.15) is 0 Å². The molecule has 130 valence electrons. The van der Waals surface area contributed by atoms with Crippen LogP contribution in [0.5, 0.6) is 0 Å². The Morgan fingerprint density at radius 3 is 2.43 bits per heavy atom. The molecule has 1 unspecified atom stereocenters. The summed E-state index contributed by atoms with van der Waals surface area (Å²) in [5, 5.41) is 23.7. The number of thioether (sulfide) groups is 1. The van der Waals surface area contributed by atoms with Crippen LogP contribution >= 0.6 is 11.8 Å². The van der Waals surface area contributed by atoms with Gasteiger partial charge >= 0.3 is 0 Å². The minimum atomic E-state index is -1.35. The molecule has 23 heavy (non-hydrogen) atoms. The number of rotatable bonds is 9. The smallest absolute Gasteiger partial charge is 0.262 e. The zero-order valence-corrected chi connectivity index (χ0v) is 14.5. The quantitative estimate of drug-likeness (QED) is 0.324. The van der Waals surface area contributed by atoms with Gasteiger partial charge in [-0.05, 0) is 12.8 Å². The van der Waals surface area contributed by atoms with Gasteiger partial charge in [-0.15, -0.1) is 0 Å². The van der Waals surface area contributed by atoms with Crippen molar-refractivity contribution in [1.82, 2.24) is 10.6 Å². The van der Waals surface area contributed by atoms with E-state index >= 15 is 0 Å². The Hall–Kier alpha value is -1.56. The topological polar surface area (TPSA) is 116 Å². The van der Waals surface area contributed by atoms with E-state index in [2.05, 4.69) is 22.5 Å². The summed E-state index contributed by atoms with van der Waals surface area (Å²) in [6.45, 7) is 4.77. The van der Waals surface area contributed by atoms with E-state index in [1.165, 1.54) is 0 Å². The van der Waals surface area contributed by atoms with Gasteiger partial charge in [0.05, 0.1) is 6.61 Å². The standard InChI is InChI=1S/C15H24N2O5S/c1-4-5-12(20)23-9-8-16-11(19)6-7-17-14(22)13(21)15(2,3)10-18/h13,18,21H,6-10H2,1-3H3,(H,16,19)(H,17,22). The Bertz CT molecular complexity index is 482. The van der Waals surface area contributed by atoms with E-state index in [4.69, 9.17) is 5.11 Å². The number of amides is 2. The van der Waals surface area contributed by atoms with Crippen LogP contribution in [0.25, 0.3) is 0 Å². The van der Waals surface area contributed by atoms with Crippen molar-refractivity contribution < 1.29 is 24.6 Å². The van der Waals surface area contributed by atoms with Crippen molar-refractivity contribution in [1.29, 1.82) is 0 Å². The van der Waals surface area contributed by atoms with Crippen LogP contribution in [0, 0.1) is 17.3 Å². The molecular formula is C15H24N2O5S. The maximum Gasteiger partial charge on any atom is 0.262 e.